The summed E-state index contributed by atoms with van der Waals surface area (Å²) in [7, 11) is 0. The standard InChI is InChI=1S/C24H25ClN4O3S/c1-12-5-15(6-19(12)30)29-24-18(10-26-11-28-24)22(31)20-7-16(13(2)33-20)23-17-8-21(25)27-9-14(17)3-4-32-23/h7-12,15,19,23,30H,3-6H2,1-2H3,(H,26,28,29)/t12-,15-,19+,23+/m1/s1. The molecule has 0 bridgehead atoms. The van der Waals surface area contributed by atoms with Crippen molar-refractivity contribution in [2.75, 3.05) is 11.9 Å². The number of carbonyl (C=O) groups is 1. The Balaban J connectivity index is 1.43. The van der Waals surface area contributed by atoms with Crippen molar-refractivity contribution in [3.05, 3.63) is 68.0 Å². The number of hydrogen-bond donors (Lipinski definition) is 2. The molecule has 1 fully saturated rings. The number of nitrogens with zero attached hydrogens (tertiary/aromatic N) is 3. The predicted octanol–water partition coefficient (Wildman–Crippen LogP) is 4.36. The lowest BCUT2D eigenvalue weighted by Gasteiger charge is -2.26. The quantitative estimate of drug-likeness (QED) is 0.410. The molecule has 4 heterocycles. The van der Waals surface area contributed by atoms with Crippen LogP contribution in [0.15, 0.2) is 30.9 Å². The molecule has 1 aliphatic carbocycles. The monoisotopic (exact) mass is 484 g/mol. The lowest BCUT2D eigenvalue weighted by molar-refractivity contribution is 0.0695. The molecule has 0 radical (unpaired) electrons. The third-order valence-electron chi connectivity index (χ3n) is 6.53. The van der Waals surface area contributed by atoms with Gasteiger partial charge in [-0.3, -0.25) is 4.79 Å². The Hall–Kier alpha value is -2.39. The van der Waals surface area contributed by atoms with Crippen molar-refractivity contribution in [1.29, 1.82) is 0 Å². The van der Waals surface area contributed by atoms with E-state index in [1.807, 2.05) is 26.0 Å². The Labute approximate surface area is 201 Å². The molecule has 1 saturated carbocycles. The Bertz CT molecular complexity index is 1190. The lowest BCUT2D eigenvalue weighted by Crippen LogP contribution is -2.20. The maximum absolute atomic E-state index is 13.5. The number of fused-ring (bicyclic) bond motifs is 1. The van der Waals surface area contributed by atoms with Crippen LogP contribution >= 0.6 is 22.9 Å². The minimum atomic E-state index is -0.340. The fourth-order valence-electron chi connectivity index (χ4n) is 4.71. The van der Waals surface area contributed by atoms with Crippen LogP contribution in [-0.4, -0.2) is 44.6 Å². The van der Waals surface area contributed by atoms with Gasteiger partial charge < -0.3 is 15.2 Å². The first kappa shape index (κ1) is 22.4. The summed E-state index contributed by atoms with van der Waals surface area (Å²) in [6.45, 7) is 4.62. The summed E-state index contributed by atoms with van der Waals surface area (Å²) in [5.74, 6) is 0.590. The molecule has 3 aromatic heterocycles. The Morgan fingerprint density at radius 2 is 2.09 bits per heavy atom. The maximum Gasteiger partial charge on any atom is 0.208 e. The van der Waals surface area contributed by atoms with Gasteiger partial charge >= 0.3 is 0 Å². The highest BCUT2D eigenvalue weighted by atomic mass is 35.5. The van der Waals surface area contributed by atoms with E-state index in [0.29, 0.717) is 34.4 Å². The minimum Gasteiger partial charge on any atom is -0.393 e. The number of halogens is 1. The summed E-state index contributed by atoms with van der Waals surface area (Å²) in [5, 5.41) is 13.9. The number of rotatable bonds is 5. The number of ether oxygens (including phenoxy) is 1. The zero-order valence-corrected chi connectivity index (χ0v) is 20.0. The second kappa shape index (κ2) is 9.10. The number of hydrogen-bond acceptors (Lipinski definition) is 8. The Morgan fingerprint density at radius 1 is 1.24 bits per heavy atom. The number of aliphatic hydroxyl groups excluding tert-OH is 1. The third kappa shape index (κ3) is 4.40. The van der Waals surface area contributed by atoms with Gasteiger partial charge in [0.15, 0.2) is 0 Å². The summed E-state index contributed by atoms with van der Waals surface area (Å²) in [6.07, 6.45) is 6.43. The van der Waals surface area contributed by atoms with Crippen LogP contribution in [0.25, 0.3) is 0 Å². The van der Waals surface area contributed by atoms with Gasteiger partial charge in [0.25, 0.3) is 0 Å². The molecule has 0 amide bonds. The normalized spacial score (nSPS) is 24.5. The van der Waals surface area contributed by atoms with Crippen LogP contribution in [0.2, 0.25) is 5.15 Å². The first-order valence-electron chi connectivity index (χ1n) is 11.1. The van der Waals surface area contributed by atoms with E-state index < -0.39 is 0 Å². The number of carbonyl (C=O) groups excluding carboxylic acids is 1. The second-order valence-corrected chi connectivity index (χ2v) is 10.4. The zero-order chi connectivity index (χ0) is 23.1. The zero-order valence-electron chi connectivity index (χ0n) is 18.4. The minimum absolute atomic E-state index is 0.0718. The van der Waals surface area contributed by atoms with Crippen LogP contribution < -0.4 is 5.32 Å². The van der Waals surface area contributed by atoms with Gasteiger partial charge in [-0.2, -0.15) is 0 Å². The van der Waals surface area contributed by atoms with Gasteiger partial charge in [0.05, 0.1) is 23.2 Å². The lowest BCUT2D eigenvalue weighted by atomic mass is 9.94. The highest BCUT2D eigenvalue weighted by Crippen LogP contribution is 2.39. The summed E-state index contributed by atoms with van der Waals surface area (Å²) in [6, 6.07) is 3.83. The molecular formula is C24H25ClN4O3S. The smallest absolute Gasteiger partial charge is 0.208 e. The molecule has 2 aliphatic rings. The molecule has 1 aliphatic heterocycles. The number of ketones is 1. The summed E-state index contributed by atoms with van der Waals surface area (Å²) < 4.78 is 6.11. The number of nitrogens with one attached hydrogen (secondary N) is 1. The molecule has 7 nitrogen and oxygen atoms in total. The third-order valence-corrected chi connectivity index (χ3v) is 7.80. The Kier molecular flexibility index (Phi) is 6.18. The number of aliphatic hydroxyl groups is 1. The first-order valence-corrected chi connectivity index (χ1v) is 12.3. The first-order chi connectivity index (χ1) is 15.9. The number of anilines is 1. The number of aromatic nitrogens is 3. The van der Waals surface area contributed by atoms with E-state index in [-0.39, 0.29) is 30.0 Å². The molecule has 9 heteroatoms. The highest BCUT2D eigenvalue weighted by molar-refractivity contribution is 7.14. The average molecular weight is 485 g/mol. The van der Waals surface area contributed by atoms with Gasteiger partial charge in [0.2, 0.25) is 5.78 Å². The average Bonchev–Trinajstić information content (AvgIpc) is 3.34. The van der Waals surface area contributed by atoms with E-state index in [2.05, 4.69) is 20.3 Å². The predicted molar refractivity (Wildman–Crippen MR) is 127 cm³/mol. The second-order valence-electron chi connectivity index (χ2n) is 8.80. The fraction of sp³-hybridized carbons (Fsp3) is 0.417. The molecule has 2 N–H and O–H groups in total. The topological polar surface area (TPSA) is 97.2 Å². The van der Waals surface area contributed by atoms with E-state index in [0.717, 1.165) is 34.4 Å². The summed E-state index contributed by atoms with van der Waals surface area (Å²) in [5.41, 5.74) is 3.51. The molecule has 4 atom stereocenters. The molecule has 33 heavy (non-hydrogen) atoms. The van der Waals surface area contributed by atoms with Gasteiger partial charge in [0.1, 0.15) is 23.4 Å². The number of aryl methyl sites for hydroxylation is 1. The SMILES string of the molecule is Cc1sc(C(=O)c2cncnc2N[C@@H]2C[C@@H](C)[C@@H](O)C2)cc1[C@@H]1OCCc2cnc(Cl)cc21. The molecular weight excluding hydrogens is 460 g/mol. The molecule has 3 aromatic rings. The van der Waals surface area contributed by atoms with E-state index in [4.69, 9.17) is 16.3 Å². The van der Waals surface area contributed by atoms with E-state index in [1.54, 1.807) is 12.4 Å². The van der Waals surface area contributed by atoms with Crippen LogP contribution in [0.4, 0.5) is 5.82 Å². The van der Waals surface area contributed by atoms with Gasteiger partial charge in [-0.05, 0) is 60.9 Å². The van der Waals surface area contributed by atoms with Gasteiger partial charge in [-0.25, -0.2) is 15.0 Å². The van der Waals surface area contributed by atoms with Gasteiger partial charge in [-0.15, -0.1) is 11.3 Å². The fourth-order valence-corrected chi connectivity index (χ4v) is 5.88. The van der Waals surface area contributed by atoms with Crippen molar-refractivity contribution in [3.8, 4) is 0 Å². The van der Waals surface area contributed by atoms with Crippen LogP contribution in [0, 0.1) is 12.8 Å². The van der Waals surface area contributed by atoms with Crippen LogP contribution in [0.3, 0.4) is 0 Å². The molecule has 5 rings (SSSR count). The van der Waals surface area contributed by atoms with Crippen LogP contribution in [-0.2, 0) is 11.2 Å². The molecule has 0 aromatic carbocycles. The Morgan fingerprint density at radius 3 is 2.88 bits per heavy atom. The summed E-state index contributed by atoms with van der Waals surface area (Å²) in [4.78, 5) is 27.7. The van der Waals surface area contributed by atoms with E-state index >= 15 is 0 Å². The maximum atomic E-state index is 13.5. The van der Waals surface area contributed by atoms with Crippen LogP contribution in [0.5, 0.6) is 0 Å². The largest absolute Gasteiger partial charge is 0.393 e. The van der Waals surface area contributed by atoms with E-state index in [1.165, 1.54) is 17.7 Å². The molecule has 0 unspecified atom stereocenters. The number of thiophene rings is 1. The van der Waals surface area contributed by atoms with Crippen molar-refractivity contribution in [1.82, 2.24) is 15.0 Å². The van der Waals surface area contributed by atoms with Crippen molar-refractivity contribution < 1.29 is 14.6 Å². The van der Waals surface area contributed by atoms with Gasteiger partial charge in [-0.1, -0.05) is 18.5 Å². The van der Waals surface area contributed by atoms with Crippen molar-refractivity contribution >= 4 is 34.5 Å². The number of pyridine rings is 1. The van der Waals surface area contributed by atoms with E-state index in [9.17, 15) is 9.90 Å². The van der Waals surface area contributed by atoms with Crippen molar-refractivity contribution in [2.45, 2.75) is 51.4 Å². The van der Waals surface area contributed by atoms with Crippen molar-refractivity contribution in [3.63, 3.8) is 0 Å². The highest BCUT2D eigenvalue weighted by Gasteiger charge is 2.32. The molecule has 172 valence electrons. The molecule has 0 spiro atoms. The van der Waals surface area contributed by atoms with Gasteiger partial charge in [0, 0.05) is 23.3 Å². The molecule has 0 saturated heterocycles. The summed E-state index contributed by atoms with van der Waals surface area (Å²) >= 11 is 7.60. The van der Waals surface area contributed by atoms with Crippen LogP contribution in [0.1, 0.15) is 62.7 Å². The van der Waals surface area contributed by atoms with Crippen molar-refractivity contribution in [2.24, 2.45) is 5.92 Å².